The van der Waals surface area contributed by atoms with Gasteiger partial charge in [0.15, 0.2) is 0 Å². The summed E-state index contributed by atoms with van der Waals surface area (Å²) in [7, 11) is 0. The summed E-state index contributed by atoms with van der Waals surface area (Å²) in [5, 5.41) is 0.804. The standard InChI is InChI=1S/C22H25ClN4/c23-21-8-6-19(7-9-21)18-26-14-12-25(13-15-26)16-17-27-11-10-24-22(27)20-4-2-1-3-5-20/h1-11H,12-18H2. The normalized spacial score (nSPS) is 15.9. The first kappa shape index (κ1) is 18.2. The number of aromatic nitrogens is 2. The fourth-order valence-electron chi connectivity index (χ4n) is 3.61. The van der Waals surface area contributed by atoms with Gasteiger partial charge in [0, 0.05) is 68.8 Å². The first-order valence-corrected chi connectivity index (χ1v) is 9.91. The van der Waals surface area contributed by atoms with Gasteiger partial charge in [-0.3, -0.25) is 9.80 Å². The van der Waals surface area contributed by atoms with E-state index in [1.807, 2.05) is 24.4 Å². The monoisotopic (exact) mass is 380 g/mol. The minimum atomic E-state index is 0.804. The molecule has 0 aliphatic carbocycles. The molecule has 0 unspecified atom stereocenters. The van der Waals surface area contributed by atoms with Crippen LogP contribution < -0.4 is 0 Å². The number of halogens is 1. The molecular weight excluding hydrogens is 356 g/mol. The lowest BCUT2D eigenvalue weighted by Crippen LogP contribution is -2.46. The number of benzene rings is 2. The molecule has 0 bridgehead atoms. The molecule has 4 nitrogen and oxygen atoms in total. The Morgan fingerprint density at radius 3 is 2.26 bits per heavy atom. The summed E-state index contributed by atoms with van der Waals surface area (Å²) in [6.45, 7) is 7.49. The third-order valence-corrected chi connectivity index (χ3v) is 5.44. The molecule has 27 heavy (non-hydrogen) atoms. The summed E-state index contributed by atoms with van der Waals surface area (Å²) >= 11 is 5.97. The molecule has 1 fully saturated rings. The van der Waals surface area contributed by atoms with E-state index in [0.29, 0.717) is 0 Å². The second-order valence-corrected chi connectivity index (χ2v) is 7.49. The van der Waals surface area contributed by atoms with Crippen LogP contribution in [0, 0.1) is 0 Å². The van der Waals surface area contributed by atoms with Gasteiger partial charge in [0.05, 0.1) is 0 Å². The number of hydrogen-bond acceptors (Lipinski definition) is 3. The Morgan fingerprint density at radius 1 is 0.815 bits per heavy atom. The Morgan fingerprint density at radius 2 is 1.52 bits per heavy atom. The van der Waals surface area contributed by atoms with Crippen molar-refractivity contribution in [3.8, 4) is 11.4 Å². The minimum absolute atomic E-state index is 0.804. The SMILES string of the molecule is Clc1ccc(CN2CCN(CCn3ccnc3-c3ccccc3)CC2)cc1. The summed E-state index contributed by atoms with van der Waals surface area (Å²) in [6, 6.07) is 18.6. The molecule has 5 heteroatoms. The van der Waals surface area contributed by atoms with Crippen LogP contribution in [0.15, 0.2) is 67.0 Å². The summed E-state index contributed by atoms with van der Waals surface area (Å²) in [4.78, 5) is 9.61. The van der Waals surface area contributed by atoms with Crippen molar-refractivity contribution in [1.82, 2.24) is 19.4 Å². The molecule has 0 spiro atoms. The van der Waals surface area contributed by atoms with Gasteiger partial charge in [-0.15, -0.1) is 0 Å². The largest absolute Gasteiger partial charge is 0.330 e. The van der Waals surface area contributed by atoms with Gasteiger partial charge in [0.25, 0.3) is 0 Å². The van der Waals surface area contributed by atoms with Crippen molar-refractivity contribution in [1.29, 1.82) is 0 Å². The zero-order valence-corrected chi connectivity index (χ0v) is 16.2. The van der Waals surface area contributed by atoms with Crippen molar-refractivity contribution >= 4 is 11.6 Å². The minimum Gasteiger partial charge on any atom is -0.330 e. The van der Waals surface area contributed by atoms with Crippen molar-refractivity contribution in [2.24, 2.45) is 0 Å². The molecule has 0 atom stereocenters. The highest BCUT2D eigenvalue weighted by molar-refractivity contribution is 6.30. The molecule has 0 radical (unpaired) electrons. The van der Waals surface area contributed by atoms with E-state index in [1.54, 1.807) is 0 Å². The summed E-state index contributed by atoms with van der Waals surface area (Å²) < 4.78 is 2.26. The maximum absolute atomic E-state index is 5.97. The molecule has 140 valence electrons. The van der Waals surface area contributed by atoms with E-state index in [2.05, 4.69) is 61.9 Å². The van der Waals surface area contributed by atoms with Crippen LogP contribution in [0.2, 0.25) is 5.02 Å². The first-order chi connectivity index (χ1) is 13.3. The van der Waals surface area contributed by atoms with E-state index in [1.165, 1.54) is 11.1 Å². The third-order valence-electron chi connectivity index (χ3n) is 5.19. The summed E-state index contributed by atoms with van der Waals surface area (Å²) in [5.74, 6) is 1.05. The third kappa shape index (κ3) is 4.78. The van der Waals surface area contributed by atoms with Crippen molar-refractivity contribution < 1.29 is 0 Å². The highest BCUT2D eigenvalue weighted by Crippen LogP contribution is 2.17. The Kier molecular flexibility index (Phi) is 5.87. The van der Waals surface area contributed by atoms with Gasteiger partial charge in [-0.05, 0) is 17.7 Å². The van der Waals surface area contributed by atoms with Crippen LogP contribution in [0.4, 0.5) is 0 Å². The Bertz CT molecular complexity index is 836. The Balaban J connectivity index is 1.27. The van der Waals surface area contributed by atoms with E-state index in [4.69, 9.17) is 11.6 Å². The molecule has 3 aromatic rings. The zero-order valence-electron chi connectivity index (χ0n) is 15.5. The van der Waals surface area contributed by atoms with E-state index in [-0.39, 0.29) is 0 Å². The fourth-order valence-corrected chi connectivity index (χ4v) is 3.73. The Labute approximate surface area is 166 Å². The number of piperazine rings is 1. The number of hydrogen-bond donors (Lipinski definition) is 0. The van der Waals surface area contributed by atoms with Crippen LogP contribution >= 0.6 is 11.6 Å². The number of nitrogens with zero attached hydrogens (tertiary/aromatic N) is 4. The van der Waals surface area contributed by atoms with Gasteiger partial charge < -0.3 is 4.57 Å². The lowest BCUT2D eigenvalue weighted by Gasteiger charge is -2.34. The van der Waals surface area contributed by atoms with Crippen LogP contribution in [0.3, 0.4) is 0 Å². The molecule has 1 aromatic heterocycles. The van der Waals surface area contributed by atoms with Crippen LogP contribution in [0.1, 0.15) is 5.56 Å². The lowest BCUT2D eigenvalue weighted by atomic mass is 10.2. The molecule has 0 saturated carbocycles. The second kappa shape index (κ2) is 8.70. The fraction of sp³-hybridized carbons (Fsp3) is 0.318. The van der Waals surface area contributed by atoms with Gasteiger partial charge >= 0.3 is 0 Å². The van der Waals surface area contributed by atoms with E-state index < -0.39 is 0 Å². The van der Waals surface area contributed by atoms with Gasteiger partial charge in [-0.1, -0.05) is 54.1 Å². The quantitative estimate of drug-likeness (QED) is 0.645. The van der Waals surface area contributed by atoms with Crippen molar-refractivity contribution in [2.45, 2.75) is 13.1 Å². The van der Waals surface area contributed by atoms with Gasteiger partial charge in [-0.25, -0.2) is 4.98 Å². The van der Waals surface area contributed by atoms with Crippen molar-refractivity contribution in [3.05, 3.63) is 77.6 Å². The molecule has 1 aliphatic heterocycles. The zero-order chi connectivity index (χ0) is 18.5. The van der Waals surface area contributed by atoms with E-state index in [9.17, 15) is 0 Å². The first-order valence-electron chi connectivity index (χ1n) is 9.54. The maximum atomic E-state index is 5.97. The van der Waals surface area contributed by atoms with E-state index >= 15 is 0 Å². The molecular formula is C22H25ClN4. The number of imidazole rings is 1. The maximum Gasteiger partial charge on any atom is 0.139 e. The number of rotatable bonds is 6. The van der Waals surface area contributed by atoms with E-state index in [0.717, 1.165) is 56.7 Å². The van der Waals surface area contributed by atoms with Gasteiger partial charge in [0.2, 0.25) is 0 Å². The molecule has 1 aliphatic rings. The molecule has 2 aromatic carbocycles. The predicted octanol–water partition coefficient (Wildman–Crippen LogP) is 4.02. The van der Waals surface area contributed by atoms with Crippen molar-refractivity contribution in [3.63, 3.8) is 0 Å². The molecule has 4 rings (SSSR count). The van der Waals surface area contributed by atoms with Crippen LogP contribution in [0.25, 0.3) is 11.4 Å². The predicted molar refractivity (Wildman–Crippen MR) is 111 cm³/mol. The average Bonchev–Trinajstić information content (AvgIpc) is 3.19. The van der Waals surface area contributed by atoms with Crippen LogP contribution in [0.5, 0.6) is 0 Å². The molecule has 0 N–H and O–H groups in total. The highest BCUT2D eigenvalue weighted by Gasteiger charge is 2.17. The van der Waals surface area contributed by atoms with Crippen LogP contribution in [-0.2, 0) is 13.1 Å². The second-order valence-electron chi connectivity index (χ2n) is 7.05. The lowest BCUT2D eigenvalue weighted by molar-refractivity contribution is 0.124. The topological polar surface area (TPSA) is 24.3 Å². The molecule has 1 saturated heterocycles. The summed E-state index contributed by atoms with van der Waals surface area (Å²) in [5.41, 5.74) is 2.51. The van der Waals surface area contributed by atoms with Gasteiger partial charge in [-0.2, -0.15) is 0 Å². The van der Waals surface area contributed by atoms with Crippen LogP contribution in [-0.4, -0.2) is 52.1 Å². The van der Waals surface area contributed by atoms with Crippen molar-refractivity contribution in [2.75, 3.05) is 32.7 Å². The molecule has 0 amide bonds. The summed E-state index contributed by atoms with van der Waals surface area (Å²) in [6.07, 6.45) is 3.98. The highest BCUT2D eigenvalue weighted by atomic mass is 35.5. The Hall–Kier alpha value is -2.14. The molecule has 2 heterocycles. The average molecular weight is 381 g/mol. The smallest absolute Gasteiger partial charge is 0.139 e. The van der Waals surface area contributed by atoms with Gasteiger partial charge in [0.1, 0.15) is 5.82 Å².